The summed E-state index contributed by atoms with van der Waals surface area (Å²) in [5.74, 6) is 2.31. The Labute approximate surface area is 121 Å². The summed E-state index contributed by atoms with van der Waals surface area (Å²) in [6.45, 7) is 6.52. The van der Waals surface area contributed by atoms with Crippen LogP contribution in [0.15, 0.2) is 0 Å². The minimum absolute atomic E-state index is 0.0415. The summed E-state index contributed by atoms with van der Waals surface area (Å²) in [5.41, 5.74) is -0.282. The molecule has 2 atom stereocenters. The molecule has 0 radical (unpaired) electrons. The van der Waals surface area contributed by atoms with Crippen molar-refractivity contribution in [3.05, 3.63) is 0 Å². The molecule has 2 aliphatic heterocycles. The lowest BCUT2D eigenvalue weighted by molar-refractivity contribution is -0.0673. The average molecular weight is 307 g/mol. The van der Waals surface area contributed by atoms with E-state index < -0.39 is 10.0 Å². The van der Waals surface area contributed by atoms with Gasteiger partial charge in [0.1, 0.15) is 0 Å². The standard InChI is InChI=1S/C13H25NO3S2/c1-12(2,3)10-19(15,16)14-11-4-6-17-13(8-11)5-7-18-9-13/h11,14H,4-10H2,1-3H3/t11-,13-/m1/s1. The summed E-state index contributed by atoms with van der Waals surface area (Å²) in [7, 11) is -3.20. The van der Waals surface area contributed by atoms with Crippen molar-refractivity contribution in [2.75, 3.05) is 23.9 Å². The summed E-state index contributed by atoms with van der Waals surface area (Å²) in [6, 6.07) is 0.0415. The zero-order valence-electron chi connectivity index (χ0n) is 12.1. The molecule has 0 saturated carbocycles. The molecule has 0 aromatic heterocycles. The summed E-state index contributed by atoms with van der Waals surface area (Å²) in [4.78, 5) is 0. The van der Waals surface area contributed by atoms with Gasteiger partial charge in [-0.3, -0.25) is 0 Å². The number of sulfonamides is 1. The highest BCUT2D eigenvalue weighted by Gasteiger charge is 2.41. The summed E-state index contributed by atoms with van der Waals surface area (Å²) >= 11 is 1.91. The van der Waals surface area contributed by atoms with Crippen LogP contribution < -0.4 is 4.72 Å². The molecule has 0 unspecified atom stereocenters. The van der Waals surface area contributed by atoms with Crippen LogP contribution in [0.4, 0.5) is 0 Å². The molecule has 2 heterocycles. The van der Waals surface area contributed by atoms with Crippen LogP contribution in [0.1, 0.15) is 40.0 Å². The highest BCUT2D eigenvalue weighted by Crippen LogP contribution is 2.38. The van der Waals surface area contributed by atoms with Crippen molar-refractivity contribution in [3.63, 3.8) is 0 Å². The minimum atomic E-state index is -3.20. The molecule has 0 amide bonds. The largest absolute Gasteiger partial charge is 0.374 e. The molecule has 0 aromatic carbocycles. The van der Waals surface area contributed by atoms with Crippen LogP contribution in [-0.4, -0.2) is 43.9 Å². The fraction of sp³-hybridized carbons (Fsp3) is 1.00. The Morgan fingerprint density at radius 2 is 2.16 bits per heavy atom. The Kier molecular flexibility index (Phi) is 4.55. The fourth-order valence-electron chi connectivity index (χ4n) is 2.86. The maximum Gasteiger partial charge on any atom is 0.212 e. The van der Waals surface area contributed by atoms with E-state index in [2.05, 4.69) is 4.72 Å². The van der Waals surface area contributed by atoms with E-state index in [-0.39, 0.29) is 22.8 Å². The molecular formula is C13H25NO3S2. The molecule has 0 bridgehead atoms. The Hall–Kier alpha value is 0.220. The number of ether oxygens (including phenoxy) is 1. The second-order valence-corrected chi connectivity index (χ2v) is 9.82. The van der Waals surface area contributed by atoms with Crippen molar-refractivity contribution in [3.8, 4) is 0 Å². The Bertz CT molecular complexity index is 408. The van der Waals surface area contributed by atoms with Gasteiger partial charge in [-0.1, -0.05) is 20.8 Å². The zero-order valence-corrected chi connectivity index (χ0v) is 13.7. The van der Waals surface area contributed by atoms with Gasteiger partial charge in [0, 0.05) is 18.4 Å². The van der Waals surface area contributed by atoms with Crippen LogP contribution >= 0.6 is 11.8 Å². The first kappa shape index (κ1) is 15.6. The number of hydrogen-bond donors (Lipinski definition) is 1. The van der Waals surface area contributed by atoms with E-state index in [0.29, 0.717) is 6.61 Å². The van der Waals surface area contributed by atoms with Crippen LogP contribution in [0.25, 0.3) is 0 Å². The molecular weight excluding hydrogens is 282 g/mol. The zero-order chi connectivity index (χ0) is 14.1. The molecule has 0 aromatic rings. The lowest BCUT2D eigenvalue weighted by Crippen LogP contribution is -2.49. The highest BCUT2D eigenvalue weighted by atomic mass is 32.2. The first-order valence-corrected chi connectivity index (χ1v) is 9.72. The molecule has 19 heavy (non-hydrogen) atoms. The predicted octanol–water partition coefficient (Wildman–Crippen LogP) is 2.01. The SMILES string of the molecule is CC(C)(C)CS(=O)(=O)N[C@@H]1CCO[C@]2(CCSC2)C1. The molecule has 112 valence electrons. The van der Waals surface area contributed by atoms with Gasteiger partial charge in [0.15, 0.2) is 0 Å². The lowest BCUT2D eigenvalue weighted by Gasteiger charge is -2.38. The second-order valence-electron chi connectivity index (χ2n) is 6.96. The van der Waals surface area contributed by atoms with E-state index in [4.69, 9.17) is 4.74 Å². The number of rotatable bonds is 3. The van der Waals surface area contributed by atoms with Crippen molar-refractivity contribution in [2.24, 2.45) is 5.41 Å². The highest BCUT2D eigenvalue weighted by molar-refractivity contribution is 7.99. The third-order valence-corrected chi connectivity index (χ3v) is 6.69. The Morgan fingerprint density at radius 3 is 2.74 bits per heavy atom. The number of nitrogens with one attached hydrogen (secondary N) is 1. The van der Waals surface area contributed by atoms with Gasteiger partial charge in [-0.05, 0) is 30.4 Å². The van der Waals surface area contributed by atoms with Gasteiger partial charge < -0.3 is 4.74 Å². The maximum atomic E-state index is 12.2. The molecule has 0 aliphatic carbocycles. The first-order chi connectivity index (χ1) is 8.70. The quantitative estimate of drug-likeness (QED) is 0.866. The van der Waals surface area contributed by atoms with Gasteiger partial charge in [0.25, 0.3) is 0 Å². The van der Waals surface area contributed by atoms with Crippen LogP contribution in [-0.2, 0) is 14.8 Å². The summed E-state index contributed by atoms with van der Waals surface area (Å²) < 4.78 is 33.1. The van der Waals surface area contributed by atoms with Crippen molar-refractivity contribution < 1.29 is 13.2 Å². The minimum Gasteiger partial charge on any atom is -0.374 e. The van der Waals surface area contributed by atoms with Gasteiger partial charge in [-0.15, -0.1) is 0 Å². The normalized spacial score (nSPS) is 32.9. The van der Waals surface area contributed by atoms with Gasteiger partial charge >= 0.3 is 0 Å². The van der Waals surface area contributed by atoms with Gasteiger partial charge in [0.2, 0.25) is 10.0 Å². The molecule has 2 rings (SSSR count). The second kappa shape index (κ2) is 5.54. The summed E-state index contributed by atoms with van der Waals surface area (Å²) in [6.07, 6.45) is 2.66. The van der Waals surface area contributed by atoms with E-state index in [1.165, 1.54) is 0 Å². The molecule has 2 aliphatic rings. The molecule has 1 N–H and O–H groups in total. The fourth-order valence-corrected chi connectivity index (χ4v) is 6.17. The van der Waals surface area contributed by atoms with Crippen molar-refractivity contribution in [1.29, 1.82) is 0 Å². The van der Waals surface area contributed by atoms with Crippen LogP contribution in [0.2, 0.25) is 0 Å². The van der Waals surface area contributed by atoms with E-state index >= 15 is 0 Å². The molecule has 2 saturated heterocycles. The van der Waals surface area contributed by atoms with Gasteiger partial charge in [-0.2, -0.15) is 11.8 Å². The third kappa shape index (κ3) is 4.62. The van der Waals surface area contributed by atoms with E-state index in [0.717, 1.165) is 30.8 Å². The molecule has 1 spiro atoms. The molecule has 6 heteroatoms. The topological polar surface area (TPSA) is 55.4 Å². The van der Waals surface area contributed by atoms with Crippen LogP contribution in [0.5, 0.6) is 0 Å². The number of hydrogen-bond acceptors (Lipinski definition) is 4. The van der Waals surface area contributed by atoms with Gasteiger partial charge in [-0.25, -0.2) is 13.1 Å². The van der Waals surface area contributed by atoms with Crippen molar-refractivity contribution in [1.82, 2.24) is 4.72 Å². The van der Waals surface area contributed by atoms with Gasteiger partial charge in [0.05, 0.1) is 11.4 Å². The third-order valence-electron chi connectivity index (χ3n) is 3.53. The first-order valence-electron chi connectivity index (χ1n) is 6.92. The van der Waals surface area contributed by atoms with E-state index in [1.807, 2.05) is 32.5 Å². The predicted molar refractivity (Wildman–Crippen MR) is 80.0 cm³/mol. The van der Waals surface area contributed by atoms with E-state index in [1.54, 1.807) is 0 Å². The monoisotopic (exact) mass is 307 g/mol. The Morgan fingerprint density at radius 1 is 1.42 bits per heavy atom. The molecule has 4 nitrogen and oxygen atoms in total. The Balaban J connectivity index is 1.95. The average Bonchev–Trinajstić information content (AvgIpc) is 2.61. The van der Waals surface area contributed by atoms with E-state index in [9.17, 15) is 8.42 Å². The van der Waals surface area contributed by atoms with Crippen LogP contribution in [0.3, 0.4) is 0 Å². The van der Waals surface area contributed by atoms with Crippen molar-refractivity contribution >= 4 is 21.8 Å². The summed E-state index contributed by atoms with van der Waals surface area (Å²) in [5, 5.41) is 0. The number of thioether (sulfide) groups is 1. The maximum absolute atomic E-state index is 12.2. The smallest absolute Gasteiger partial charge is 0.212 e. The van der Waals surface area contributed by atoms with Crippen molar-refractivity contribution in [2.45, 2.75) is 51.7 Å². The molecule has 2 fully saturated rings. The lowest BCUT2D eigenvalue weighted by atomic mass is 9.90. The van der Waals surface area contributed by atoms with Crippen LogP contribution in [0, 0.1) is 5.41 Å².